The van der Waals surface area contributed by atoms with Crippen LogP contribution in [0.15, 0.2) is 18.2 Å². The van der Waals surface area contributed by atoms with E-state index in [-0.39, 0.29) is 10.7 Å². The van der Waals surface area contributed by atoms with Gasteiger partial charge in [-0.15, -0.1) is 0 Å². The Morgan fingerprint density at radius 1 is 1.27 bits per heavy atom. The van der Waals surface area contributed by atoms with Gasteiger partial charge in [-0.3, -0.25) is 15.0 Å². The summed E-state index contributed by atoms with van der Waals surface area (Å²) in [7, 11) is 0. The summed E-state index contributed by atoms with van der Waals surface area (Å²) in [6.07, 6.45) is 5.09. The Labute approximate surface area is 135 Å². The molecule has 2 fully saturated rings. The van der Waals surface area contributed by atoms with Crippen molar-refractivity contribution in [1.29, 1.82) is 0 Å². The van der Waals surface area contributed by atoms with Gasteiger partial charge in [0.05, 0.1) is 4.92 Å². The molecule has 0 unspecified atom stereocenters. The molecule has 1 aromatic rings. The fourth-order valence-electron chi connectivity index (χ4n) is 3.01. The highest BCUT2D eigenvalue weighted by molar-refractivity contribution is 6.32. The van der Waals surface area contributed by atoms with E-state index in [0.717, 1.165) is 44.0 Å². The number of rotatable bonds is 6. The van der Waals surface area contributed by atoms with E-state index in [9.17, 15) is 10.1 Å². The quantitative estimate of drug-likeness (QED) is 0.645. The van der Waals surface area contributed by atoms with Gasteiger partial charge in [0.25, 0.3) is 5.69 Å². The third-order valence-electron chi connectivity index (χ3n) is 4.59. The Morgan fingerprint density at radius 2 is 2.00 bits per heavy atom. The van der Waals surface area contributed by atoms with Crippen molar-refractivity contribution in [1.82, 2.24) is 10.2 Å². The lowest BCUT2D eigenvalue weighted by molar-refractivity contribution is -0.384. The second-order valence-electron chi connectivity index (χ2n) is 6.44. The monoisotopic (exact) mass is 323 g/mol. The third kappa shape index (κ3) is 4.18. The molecule has 1 heterocycles. The topological polar surface area (TPSA) is 58.4 Å². The first-order valence-electron chi connectivity index (χ1n) is 8.00. The third-order valence-corrected chi connectivity index (χ3v) is 4.91. The minimum absolute atomic E-state index is 0.000141. The predicted molar refractivity (Wildman–Crippen MR) is 87.1 cm³/mol. The fourth-order valence-corrected chi connectivity index (χ4v) is 3.19. The molecule has 0 atom stereocenters. The molecule has 1 aliphatic carbocycles. The summed E-state index contributed by atoms with van der Waals surface area (Å²) in [5.74, 6) is 0.924. The number of halogens is 1. The standard InChI is InChI=1S/C16H22ClN3O2/c17-15-4-3-13(9-16(15)20(21)22)11-19-7-5-14(6-8-19)18-10-12-1-2-12/h3-4,9,12,14,18H,1-2,5-8,10-11H2. The first-order chi connectivity index (χ1) is 10.6. The van der Waals surface area contributed by atoms with Gasteiger partial charge in [-0.25, -0.2) is 0 Å². The Hall–Kier alpha value is -1.17. The molecule has 1 aliphatic heterocycles. The highest BCUT2D eigenvalue weighted by Crippen LogP contribution is 2.28. The molecule has 0 radical (unpaired) electrons. The predicted octanol–water partition coefficient (Wildman–Crippen LogP) is 3.21. The number of likely N-dealkylation sites (tertiary alicyclic amines) is 1. The molecular formula is C16H22ClN3O2. The number of hydrogen-bond acceptors (Lipinski definition) is 4. The van der Waals surface area contributed by atoms with Crippen LogP contribution in [-0.2, 0) is 6.54 Å². The van der Waals surface area contributed by atoms with Crippen molar-refractivity contribution in [2.45, 2.75) is 38.3 Å². The minimum atomic E-state index is -0.417. The Kier molecular flexibility index (Phi) is 4.96. The first-order valence-corrected chi connectivity index (χ1v) is 8.38. The van der Waals surface area contributed by atoms with Gasteiger partial charge in [0, 0.05) is 18.7 Å². The van der Waals surface area contributed by atoms with Crippen LogP contribution in [0.1, 0.15) is 31.2 Å². The van der Waals surface area contributed by atoms with Crippen LogP contribution in [0.2, 0.25) is 5.02 Å². The maximum absolute atomic E-state index is 10.9. The summed E-state index contributed by atoms with van der Waals surface area (Å²) in [6, 6.07) is 5.74. The van der Waals surface area contributed by atoms with Gasteiger partial charge < -0.3 is 5.32 Å². The highest BCUT2D eigenvalue weighted by Gasteiger charge is 2.24. The van der Waals surface area contributed by atoms with Crippen LogP contribution >= 0.6 is 11.6 Å². The summed E-state index contributed by atoms with van der Waals surface area (Å²) >= 11 is 5.85. The number of nitro benzene ring substituents is 1. The van der Waals surface area contributed by atoms with Gasteiger partial charge in [0.1, 0.15) is 5.02 Å². The van der Waals surface area contributed by atoms with E-state index in [2.05, 4.69) is 10.2 Å². The van der Waals surface area contributed by atoms with E-state index in [4.69, 9.17) is 11.6 Å². The smallest absolute Gasteiger partial charge is 0.288 e. The molecule has 0 amide bonds. The fraction of sp³-hybridized carbons (Fsp3) is 0.625. The van der Waals surface area contributed by atoms with Crippen molar-refractivity contribution in [2.24, 2.45) is 5.92 Å². The zero-order valence-corrected chi connectivity index (χ0v) is 13.4. The zero-order valence-electron chi connectivity index (χ0n) is 12.6. The van der Waals surface area contributed by atoms with Crippen molar-refractivity contribution in [2.75, 3.05) is 19.6 Å². The molecule has 0 spiro atoms. The molecule has 6 heteroatoms. The number of benzene rings is 1. The van der Waals surface area contributed by atoms with Crippen LogP contribution < -0.4 is 5.32 Å². The van der Waals surface area contributed by atoms with Crippen molar-refractivity contribution < 1.29 is 4.92 Å². The second kappa shape index (κ2) is 6.94. The van der Waals surface area contributed by atoms with Crippen LogP contribution in [0.25, 0.3) is 0 Å². The molecular weight excluding hydrogens is 302 g/mol. The molecule has 120 valence electrons. The molecule has 0 bridgehead atoms. The zero-order chi connectivity index (χ0) is 15.5. The highest BCUT2D eigenvalue weighted by atomic mass is 35.5. The second-order valence-corrected chi connectivity index (χ2v) is 6.85. The molecule has 1 saturated heterocycles. The van der Waals surface area contributed by atoms with Crippen LogP contribution in [0.3, 0.4) is 0 Å². The largest absolute Gasteiger partial charge is 0.314 e. The van der Waals surface area contributed by atoms with Crippen LogP contribution in [0.4, 0.5) is 5.69 Å². The van der Waals surface area contributed by atoms with Gasteiger partial charge in [-0.05, 0) is 62.9 Å². The average molecular weight is 324 g/mol. The van der Waals surface area contributed by atoms with Crippen molar-refractivity contribution in [3.05, 3.63) is 38.9 Å². The summed E-state index contributed by atoms with van der Waals surface area (Å²) in [4.78, 5) is 12.9. The van der Waals surface area contributed by atoms with Crippen molar-refractivity contribution in [3.8, 4) is 0 Å². The number of nitro groups is 1. The first kappa shape index (κ1) is 15.7. The lowest BCUT2D eigenvalue weighted by atomic mass is 10.0. The average Bonchev–Trinajstić information content (AvgIpc) is 3.32. The van der Waals surface area contributed by atoms with E-state index < -0.39 is 4.92 Å². The van der Waals surface area contributed by atoms with E-state index in [1.807, 2.05) is 6.07 Å². The Bertz CT molecular complexity index is 540. The van der Waals surface area contributed by atoms with Crippen molar-refractivity contribution in [3.63, 3.8) is 0 Å². The molecule has 0 aromatic heterocycles. The number of nitrogens with one attached hydrogen (secondary N) is 1. The van der Waals surface area contributed by atoms with E-state index >= 15 is 0 Å². The van der Waals surface area contributed by atoms with E-state index in [1.54, 1.807) is 12.1 Å². The van der Waals surface area contributed by atoms with Crippen LogP contribution in [0, 0.1) is 16.0 Å². The summed E-state index contributed by atoms with van der Waals surface area (Å²) in [6.45, 7) is 4.01. The van der Waals surface area contributed by atoms with Gasteiger partial charge >= 0.3 is 0 Å². The number of nitrogens with zero attached hydrogens (tertiary/aromatic N) is 2. The van der Waals surface area contributed by atoms with E-state index in [1.165, 1.54) is 19.4 Å². The Balaban J connectivity index is 1.49. The number of piperidine rings is 1. The molecule has 3 rings (SSSR count). The molecule has 1 saturated carbocycles. The van der Waals surface area contributed by atoms with Crippen molar-refractivity contribution >= 4 is 17.3 Å². The molecule has 1 N–H and O–H groups in total. The maximum atomic E-state index is 10.9. The van der Waals surface area contributed by atoms with Gasteiger partial charge in [0.2, 0.25) is 0 Å². The lowest BCUT2D eigenvalue weighted by Gasteiger charge is -2.32. The summed E-state index contributed by atoms with van der Waals surface area (Å²) in [5, 5.41) is 14.8. The van der Waals surface area contributed by atoms with Gasteiger partial charge in [-0.2, -0.15) is 0 Å². The van der Waals surface area contributed by atoms with Gasteiger partial charge in [0.15, 0.2) is 0 Å². The maximum Gasteiger partial charge on any atom is 0.288 e. The van der Waals surface area contributed by atoms with Crippen LogP contribution in [-0.4, -0.2) is 35.5 Å². The lowest BCUT2D eigenvalue weighted by Crippen LogP contribution is -2.42. The molecule has 1 aromatic carbocycles. The molecule has 5 nitrogen and oxygen atoms in total. The van der Waals surface area contributed by atoms with E-state index in [0.29, 0.717) is 6.04 Å². The van der Waals surface area contributed by atoms with Gasteiger partial charge in [-0.1, -0.05) is 17.7 Å². The minimum Gasteiger partial charge on any atom is -0.314 e. The summed E-state index contributed by atoms with van der Waals surface area (Å²) < 4.78 is 0. The van der Waals surface area contributed by atoms with Crippen LogP contribution in [0.5, 0.6) is 0 Å². The SMILES string of the molecule is O=[N+]([O-])c1cc(CN2CCC(NCC3CC3)CC2)ccc1Cl. The normalized spacial score (nSPS) is 20.2. The Morgan fingerprint density at radius 3 is 2.64 bits per heavy atom. The number of hydrogen-bond donors (Lipinski definition) is 1. The summed E-state index contributed by atoms with van der Waals surface area (Å²) in [5.41, 5.74) is 0.959. The molecule has 22 heavy (non-hydrogen) atoms. The molecule has 2 aliphatic rings.